The van der Waals surface area contributed by atoms with Gasteiger partial charge in [-0.2, -0.15) is 0 Å². The highest BCUT2D eigenvalue weighted by Crippen LogP contribution is 2.44. The molecule has 1 spiro atoms. The van der Waals surface area contributed by atoms with Crippen molar-refractivity contribution in [2.24, 2.45) is 5.41 Å². The van der Waals surface area contributed by atoms with Gasteiger partial charge >= 0.3 is 0 Å². The maximum Gasteiger partial charge on any atom is 0.228 e. The molecular formula is C17H22FNO2. The van der Waals surface area contributed by atoms with E-state index in [0.29, 0.717) is 6.54 Å². The average Bonchev–Trinajstić information content (AvgIpc) is 2.79. The van der Waals surface area contributed by atoms with Crippen molar-refractivity contribution < 1.29 is 14.3 Å². The second kappa shape index (κ2) is 5.76. The number of nitrogens with zero attached hydrogens (tertiary/aromatic N) is 1. The fraction of sp³-hybridized carbons (Fsp3) is 0.588. The summed E-state index contributed by atoms with van der Waals surface area (Å²) in [5, 5.41) is 9.62. The second-order valence-electron chi connectivity index (χ2n) is 6.43. The molecule has 0 aromatic heterocycles. The molecule has 1 heterocycles. The second-order valence-corrected chi connectivity index (χ2v) is 6.43. The summed E-state index contributed by atoms with van der Waals surface area (Å²) >= 11 is 0. The number of hydrogen-bond donors (Lipinski definition) is 1. The summed E-state index contributed by atoms with van der Waals surface area (Å²) < 4.78 is 12.9. The molecule has 1 aromatic rings. The van der Waals surface area contributed by atoms with E-state index in [1.54, 1.807) is 12.1 Å². The predicted molar refractivity (Wildman–Crippen MR) is 78.2 cm³/mol. The molecule has 1 aromatic carbocycles. The first-order valence-corrected chi connectivity index (χ1v) is 7.81. The van der Waals surface area contributed by atoms with Gasteiger partial charge < -0.3 is 10.0 Å². The van der Waals surface area contributed by atoms with Crippen molar-refractivity contribution >= 4 is 5.91 Å². The van der Waals surface area contributed by atoms with Gasteiger partial charge in [0.05, 0.1) is 11.5 Å². The van der Waals surface area contributed by atoms with Crippen LogP contribution in [0.2, 0.25) is 0 Å². The molecule has 4 heteroatoms. The Morgan fingerprint density at radius 1 is 1.19 bits per heavy atom. The van der Waals surface area contributed by atoms with Crippen molar-refractivity contribution in [3.8, 4) is 0 Å². The minimum atomic E-state index is -0.226. The lowest BCUT2D eigenvalue weighted by Crippen LogP contribution is -2.39. The summed E-state index contributed by atoms with van der Waals surface area (Å²) in [6, 6.07) is 6.49. The number of halogens is 1. The van der Waals surface area contributed by atoms with Crippen LogP contribution in [0.1, 0.15) is 37.7 Å². The molecule has 2 aliphatic rings. The Hall–Kier alpha value is -1.42. The Balaban J connectivity index is 1.58. The van der Waals surface area contributed by atoms with E-state index in [1.165, 1.54) is 12.1 Å². The summed E-state index contributed by atoms with van der Waals surface area (Å²) in [6.07, 6.45) is 4.60. The number of aliphatic hydroxyl groups excluding tert-OH is 1. The maximum absolute atomic E-state index is 12.9. The number of hydrogen-bond acceptors (Lipinski definition) is 2. The third-order valence-corrected chi connectivity index (χ3v) is 5.10. The molecule has 3 nitrogen and oxygen atoms in total. The molecule has 0 bridgehead atoms. The molecule has 2 fully saturated rings. The molecule has 1 N–H and O–H groups in total. The molecule has 3 rings (SSSR count). The molecule has 0 atom stereocenters. The fourth-order valence-corrected chi connectivity index (χ4v) is 3.64. The Kier molecular flexibility index (Phi) is 3.98. The van der Waals surface area contributed by atoms with Gasteiger partial charge in [0.25, 0.3) is 0 Å². The number of rotatable bonds is 3. The smallest absolute Gasteiger partial charge is 0.228 e. The van der Waals surface area contributed by atoms with Crippen molar-refractivity contribution in [3.63, 3.8) is 0 Å². The monoisotopic (exact) mass is 291 g/mol. The number of carbonyl (C=O) groups is 1. The molecule has 1 aliphatic heterocycles. The van der Waals surface area contributed by atoms with Crippen molar-refractivity contribution in [1.82, 2.24) is 4.90 Å². The summed E-state index contributed by atoms with van der Waals surface area (Å²) in [4.78, 5) is 14.6. The summed E-state index contributed by atoms with van der Waals surface area (Å²) in [6.45, 7) is 1.52. The van der Waals surface area contributed by atoms with Gasteiger partial charge in [0.1, 0.15) is 5.82 Å². The van der Waals surface area contributed by atoms with E-state index in [2.05, 4.69) is 0 Å². The lowest BCUT2D eigenvalue weighted by Gasteiger charge is -2.33. The topological polar surface area (TPSA) is 40.5 Å². The average molecular weight is 291 g/mol. The highest BCUT2D eigenvalue weighted by Gasteiger charge is 2.47. The number of aliphatic hydroxyl groups is 1. The van der Waals surface area contributed by atoms with Crippen LogP contribution in [0, 0.1) is 11.2 Å². The van der Waals surface area contributed by atoms with Gasteiger partial charge in [0, 0.05) is 13.1 Å². The normalized spacial score (nSPS) is 29.3. The van der Waals surface area contributed by atoms with Crippen LogP contribution in [0.5, 0.6) is 0 Å². The third kappa shape index (κ3) is 2.95. The molecule has 1 amide bonds. The van der Waals surface area contributed by atoms with Crippen LogP contribution < -0.4 is 0 Å². The van der Waals surface area contributed by atoms with Crippen molar-refractivity contribution in [3.05, 3.63) is 35.6 Å². The van der Waals surface area contributed by atoms with Gasteiger partial charge in [-0.3, -0.25) is 4.79 Å². The number of amides is 1. The standard InChI is InChI=1S/C17H22FNO2/c18-14-3-1-13(2-4-14)7-11-19-12-10-17(16(19)21)8-5-15(20)6-9-17/h1-4,15,20H,5-12H2/t15-,17-. The highest BCUT2D eigenvalue weighted by atomic mass is 19.1. The minimum Gasteiger partial charge on any atom is -0.393 e. The third-order valence-electron chi connectivity index (χ3n) is 5.10. The van der Waals surface area contributed by atoms with Crippen LogP contribution in [-0.2, 0) is 11.2 Å². The van der Waals surface area contributed by atoms with Gasteiger partial charge in [-0.15, -0.1) is 0 Å². The van der Waals surface area contributed by atoms with Crippen molar-refractivity contribution in [2.45, 2.75) is 44.6 Å². The SMILES string of the molecule is O=C1N(CCc2ccc(F)cc2)CC[C@]12CC[C@@H](O)CC2. The molecule has 0 unspecified atom stereocenters. The zero-order valence-electron chi connectivity index (χ0n) is 12.2. The Labute approximate surface area is 124 Å². The first-order valence-electron chi connectivity index (χ1n) is 7.81. The molecule has 1 saturated heterocycles. The van der Waals surface area contributed by atoms with Crippen molar-refractivity contribution in [2.75, 3.05) is 13.1 Å². The Morgan fingerprint density at radius 3 is 2.52 bits per heavy atom. The van der Waals surface area contributed by atoms with Crippen LogP contribution in [-0.4, -0.2) is 35.1 Å². The van der Waals surface area contributed by atoms with Gasteiger partial charge in [0.2, 0.25) is 5.91 Å². The summed E-state index contributed by atoms with van der Waals surface area (Å²) in [5.41, 5.74) is 0.853. The maximum atomic E-state index is 12.9. The number of benzene rings is 1. The highest BCUT2D eigenvalue weighted by molar-refractivity contribution is 5.85. The lowest BCUT2D eigenvalue weighted by atomic mass is 9.72. The van der Waals surface area contributed by atoms with Gasteiger partial charge in [-0.05, 0) is 56.2 Å². The first-order chi connectivity index (χ1) is 10.1. The number of likely N-dealkylation sites (tertiary alicyclic amines) is 1. The van der Waals surface area contributed by atoms with Crippen LogP contribution >= 0.6 is 0 Å². The molecule has 0 radical (unpaired) electrons. The van der Waals surface area contributed by atoms with Gasteiger partial charge in [-0.25, -0.2) is 4.39 Å². The predicted octanol–water partition coefficient (Wildman–Crippen LogP) is 2.52. The lowest BCUT2D eigenvalue weighted by molar-refractivity contribution is -0.138. The van der Waals surface area contributed by atoms with E-state index in [9.17, 15) is 14.3 Å². The fourth-order valence-electron chi connectivity index (χ4n) is 3.64. The first kappa shape index (κ1) is 14.5. The number of carbonyl (C=O) groups excluding carboxylic acids is 1. The summed E-state index contributed by atoms with van der Waals surface area (Å²) in [5.74, 6) is 0.0345. The van der Waals surface area contributed by atoms with Gasteiger partial charge in [-0.1, -0.05) is 12.1 Å². The van der Waals surface area contributed by atoms with Crippen molar-refractivity contribution in [1.29, 1.82) is 0 Å². The van der Waals surface area contributed by atoms with Crippen LogP contribution in [0.15, 0.2) is 24.3 Å². The van der Waals surface area contributed by atoms with Crippen LogP contribution in [0.3, 0.4) is 0 Å². The Bertz CT molecular complexity index is 506. The van der Waals surface area contributed by atoms with E-state index in [-0.39, 0.29) is 23.2 Å². The summed E-state index contributed by atoms with van der Waals surface area (Å²) in [7, 11) is 0. The molecule has 1 saturated carbocycles. The quantitative estimate of drug-likeness (QED) is 0.929. The molecule has 1 aliphatic carbocycles. The molecular weight excluding hydrogens is 269 g/mol. The molecule has 114 valence electrons. The van der Waals surface area contributed by atoms with E-state index >= 15 is 0 Å². The zero-order chi connectivity index (χ0) is 14.9. The zero-order valence-corrected chi connectivity index (χ0v) is 12.2. The minimum absolute atomic E-state index is 0.206. The van der Waals surface area contributed by atoms with E-state index in [4.69, 9.17) is 0 Å². The Morgan fingerprint density at radius 2 is 1.86 bits per heavy atom. The van der Waals surface area contributed by atoms with Crippen LogP contribution in [0.25, 0.3) is 0 Å². The van der Waals surface area contributed by atoms with E-state index < -0.39 is 0 Å². The van der Waals surface area contributed by atoms with E-state index in [0.717, 1.165) is 50.6 Å². The molecule has 21 heavy (non-hydrogen) atoms. The van der Waals surface area contributed by atoms with Gasteiger partial charge in [0.15, 0.2) is 0 Å². The largest absolute Gasteiger partial charge is 0.393 e. The van der Waals surface area contributed by atoms with E-state index in [1.807, 2.05) is 4.90 Å². The van der Waals surface area contributed by atoms with Crippen LogP contribution in [0.4, 0.5) is 4.39 Å².